The Morgan fingerprint density at radius 2 is 1.49 bits per heavy atom. The van der Waals surface area contributed by atoms with Crippen LogP contribution < -0.4 is 5.23 Å². The van der Waals surface area contributed by atoms with Gasteiger partial charge >= 0.3 is 11.9 Å². The second-order valence-electron chi connectivity index (χ2n) is 10.0. The third kappa shape index (κ3) is 9.73. The van der Waals surface area contributed by atoms with Gasteiger partial charge in [0.25, 0.3) is 0 Å². The van der Waals surface area contributed by atoms with E-state index in [2.05, 4.69) is 9.80 Å². The second kappa shape index (κ2) is 13.7. The summed E-state index contributed by atoms with van der Waals surface area (Å²) in [6.07, 6.45) is 4.61. The van der Waals surface area contributed by atoms with Crippen LogP contribution in [0.25, 0.3) is 0 Å². The summed E-state index contributed by atoms with van der Waals surface area (Å²) < 4.78 is 0. The lowest BCUT2D eigenvalue weighted by molar-refractivity contribution is -0.139. The Morgan fingerprint density at radius 1 is 0.800 bits per heavy atom. The van der Waals surface area contributed by atoms with Gasteiger partial charge in [0.15, 0.2) is 0 Å². The van der Waals surface area contributed by atoms with Crippen LogP contribution in [0.15, 0.2) is 24.3 Å². The lowest BCUT2D eigenvalue weighted by Crippen LogP contribution is -2.41. The fraction of sp³-hybridized carbons (Fsp3) is 0.680. The fourth-order valence-corrected chi connectivity index (χ4v) is 5.43. The summed E-state index contributed by atoms with van der Waals surface area (Å²) in [6, 6.07) is 7.21. The lowest BCUT2D eigenvalue weighted by Gasteiger charge is -2.31. The molecule has 0 aromatic heterocycles. The highest BCUT2D eigenvalue weighted by Crippen LogP contribution is 2.22. The van der Waals surface area contributed by atoms with Gasteiger partial charge < -0.3 is 20.0 Å². The van der Waals surface area contributed by atoms with Crippen LogP contribution in [0, 0.1) is 11.8 Å². The maximum Gasteiger partial charge on any atom is 0.317 e. The SMILES string of the molecule is O=C(O)CC1CCCN2CCN(CC(=O)O)CCCN(CC1)CC(Cc1ccc(N(O)O)cc1)C2. The van der Waals surface area contributed by atoms with Crippen molar-refractivity contribution in [1.82, 2.24) is 14.7 Å². The highest BCUT2D eigenvalue weighted by molar-refractivity contribution is 5.69. The van der Waals surface area contributed by atoms with Gasteiger partial charge in [-0.15, -0.1) is 5.23 Å². The van der Waals surface area contributed by atoms with E-state index in [9.17, 15) is 30.2 Å². The fourth-order valence-electron chi connectivity index (χ4n) is 5.43. The summed E-state index contributed by atoms with van der Waals surface area (Å²) in [5, 5.41) is 37.3. The zero-order chi connectivity index (χ0) is 25.2. The number of rotatable bonds is 7. The Labute approximate surface area is 207 Å². The molecule has 4 atom stereocenters. The normalized spacial score (nSPS) is 27.0. The van der Waals surface area contributed by atoms with E-state index in [1.54, 1.807) is 12.1 Å². The van der Waals surface area contributed by atoms with Crippen LogP contribution in [-0.2, 0) is 16.0 Å². The number of hydrogen-bond acceptors (Lipinski definition) is 8. The van der Waals surface area contributed by atoms with Crippen LogP contribution >= 0.6 is 0 Å². The maximum absolute atomic E-state index is 11.4. The first kappa shape index (κ1) is 27.3. The first-order chi connectivity index (χ1) is 16.8. The second-order valence-corrected chi connectivity index (χ2v) is 10.0. The summed E-state index contributed by atoms with van der Waals surface area (Å²) in [5.74, 6) is -1.01. The Balaban J connectivity index is 1.79. The number of nitrogens with zero attached hydrogens (tertiary/aromatic N) is 4. The summed E-state index contributed by atoms with van der Waals surface area (Å²) >= 11 is 0. The van der Waals surface area contributed by atoms with Gasteiger partial charge in [0.2, 0.25) is 0 Å². The molecule has 35 heavy (non-hydrogen) atoms. The highest BCUT2D eigenvalue weighted by atomic mass is 16.8. The molecule has 3 rings (SSSR count). The molecule has 0 aliphatic carbocycles. The van der Waals surface area contributed by atoms with Crippen molar-refractivity contribution in [3.05, 3.63) is 29.8 Å². The molecule has 2 bridgehead atoms. The van der Waals surface area contributed by atoms with E-state index in [0.29, 0.717) is 18.2 Å². The largest absolute Gasteiger partial charge is 0.481 e. The summed E-state index contributed by atoms with van der Waals surface area (Å²) in [7, 11) is 0. The van der Waals surface area contributed by atoms with E-state index in [0.717, 1.165) is 83.5 Å². The van der Waals surface area contributed by atoms with Crippen molar-refractivity contribution in [2.45, 2.75) is 38.5 Å². The van der Waals surface area contributed by atoms with Gasteiger partial charge in [0.1, 0.15) is 0 Å². The van der Waals surface area contributed by atoms with E-state index >= 15 is 0 Å². The Kier molecular flexibility index (Phi) is 10.7. The van der Waals surface area contributed by atoms with Crippen LogP contribution in [0.4, 0.5) is 5.69 Å². The van der Waals surface area contributed by atoms with Crippen LogP contribution in [-0.4, -0.2) is 106 Å². The quantitative estimate of drug-likeness (QED) is 0.420. The van der Waals surface area contributed by atoms with Gasteiger partial charge in [-0.05, 0) is 81.3 Å². The molecule has 196 valence electrons. The zero-order valence-electron chi connectivity index (χ0n) is 20.5. The number of benzene rings is 1. The molecular weight excluding hydrogens is 452 g/mol. The van der Waals surface area contributed by atoms with E-state index in [-0.39, 0.29) is 24.1 Å². The van der Waals surface area contributed by atoms with Gasteiger partial charge in [-0.25, -0.2) is 0 Å². The molecule has 0 amide bonds. The third-order valence-electron chi connectivity index (χ3n) is 7.17. The molecule has 2 fully saturated rings. The first-order valence-electron chi connectivity index (χ1n) is 12.7. The molecule has 10 heteroatoms. The van der Waals surface area contributed by atoms with Crippen molar-refractivity contribution in [1.29, 1.82) is 0 Å². The van der Waals surface area contributed by atoms with Crippen LogP contribution in [0.3, 0.4) is 0 Å². The van der Waals surface area contributed by atoms with Crippen molar-refractivity contribution >= 4 is 17.6 Å². The average molecular weight is 493 g/mol. The molecular formula is C25H40N4O6. The molecule has 0 saturated carbocycles. The summed E-state index contributed by atoms with van der Waals surface area (Å²) in [5.41, 5.74) is 1.44. The van der Waals surface area contributed by atoms with Crippen LogP contribution in [0.2, 0.25) is 0 Å². The molecule has 2 saturated heterocycles. The van der Waals surface area contributed by atoms with Crippen LogP contribution in [0.5, 0.6) is 0 Å². The van der Waals surface area contributed by atoms with Crippen LogP contribution in [0.1, 0.15) is 37.7 Å². The smallest absolute Gasteiger partial charge is 0.317 e. The van der Waals surface area contributed by atoms with Gasteiger partial charge in [-0.2, -0.15) is 0 Å². The standard InChI is InChI=1S/C25H40N4O6/c30-24(31)16-20-3-1-9-27-13-14-28(19-25(32)33)11-2-10-26(12-8-20)17-22(18-27)15-21-4-6-23(7-5-21)29(34)35/h4-7,20,22,34-35H,1-3,8-19H2,(H,30,31)(H,32,33). The maximum atomic E-state index is 11.4. The van der Waals surface area contributed by atoms with E-state index in [1.807, 2.05) is 17.0 Å². The van der Waals surface area contributed by atoms with Crippen molar-refractivity contribution in [3.63, 3.8) is 0 Å². The van der Waals surface area contributed by atoms with Crippen molar-refractivity contribution in [2.75, 3.05) is 64.1 Å². The minimum absolute atomic E-state index is 0.0526. The van der Waals surface area contributed by atoms with Crippen molar-refractivity contribution < 1.29 is 30.2 Å². The molecule has 0 spiro atoms. The van der Waals surface area contributed by atoms with Gasteiger partial charge in [0.05, 0.1) is 12.2 Å². The van der Waals surface area contributed by atoms with Crippen molar-refractivity contribution in [3.8, 4) is 0 Å². The monoisotopic (exact) mass is 492 g/mol. The number of carboxylic acids is 2. The zero-order valence-corrected chi connectivity index (χ0v) is 20.5. The first-order valence-corrected chi connectivity index (χ1v) is 12.7. The van der Waals surface area contributed by atoms with Gasteiger partial charge in [-0.3, -0.25) is 24.9 Å². The molecule has 2 aliphatic heterocycles. The van der Waals surface area contributed by atoms with E-state index in [4.69, 9.17) is 0 Å². The Hall–Kier alpha value is -2.24. The molecule has 1 aromatic carbocycles. The predicted octanol–water partition coefficient (Wildman–Crippen LogP) is 2.10. The molecule has 4 unspecified atom stereocenters. The number of hydrogen-bond donors (Lipinski definition) is 4. The number of aliphatic carboxylic acids is 2. The molecule has 0 radical (unpaired) electrons. The molecule has 1 aromatic rings. The summed E-state index contributed by atoms with van der Waals surface area (Å²) in [6.45, 7) is 6.63. The van der Waals surface area contributed by atoms with Crippen molar-refractivity contribution in [2.24, 2.45) is 11.8 Å². The predicted molar refractivity (Wildman–Crippen MR) is 131 cm³/mol. The number of carbonyl (C=O) groups is 2. The average Bonchev–Trinajstić information content (AvgIpc) is 2.84. The van der Waals surface area contributed by atoms with Gasteiger partial charge in [0, 0.05) is 39.1 Å². The number of fused-ring (bicyclic) bond motifs is 4. The minimum atomic E-state index is -0.799. The third-order valence-corrected chi connectivity index (χ3v) is 7.17. The van der Waals surface area contributed by atoms with E-state index < -0.39 is 11.9 Å². The highest BCUT2D eigenvalue weighted by Gasteiger charge is 2.24. The topological polar surface area (TPSA) is 128 Å². The Bertz CT molecular complexity index is 766. The summed E-state index contributed by atoms with van der Waals surface area (Å²) in [4.78, 5) is 29.7. The molecule has 4 N–H and O–H groups in total. The number of carboxylic acid groups (broad SMARTS) is 2. The van der Waals surface area contributed by atoms with Gasteiger partial charge in [-0.1, -0.05) is 12.1 Å². The molecule has 10 nitrogen and oxygen atoms in total. The molecule has 2 heterocycles. The molecule has 2 aliphatic rings. The lowest BCUT2D eigenvalue weighted by atomic mass is 9.95. The number of anilines is 1. The minimum Gasteiger partial charge on any atom is -0.481 e. The Morgan fingerprint density at radius 3 is 2.14 bits per heavy atom. The van der Waals surface area contributed by atoms with E-state index in [1.165, 1.54) is 0 Å².